The highest BCUT2D eigenvalue weighted by molar-refractivity contribution is 6.30. The van der Waals surface area contributed by atoms with E-state index in [1.54, 1.807) is 6.07 Å². The fraction of sp³-hybridized carbons (Fsp3) is 0.364. The number of anilines is 1. The van der Waals surface area contributed by atoms with E-state index in [1.807, 2.05) is 55.1 Å². The SMILES string of the molecule is Cc1ccccc1CC(=O)N1CCC(C(=O)Nc2ccc(Cl)cc2C)CC1. The normalized spacial score (nSPS) is 14.9. The Labute approximate surface area is 165 Å². The molecule has 1 saturated heterocycles. The van der Waals surface area contributed by atoms with Crippen molar-refractivity contribution in [3.63, 3.8) is 0 Å². The summed E-state index contributed by atoms with van der Waals surface area (Å²) in [5.74, 6) is 0.0886. The molecule has 2 amide bonds. The maximum atomic E-state index is 12.6. The third kappa shape index (κ3) is 4.89. The van der Waals surface area contributed by atoms with E-state index in [1.165, 1.54) is 0 Å². The zero-order chi connectivity index (χ0) is 19.4. The second kappa shape index (κ2) is 8.57. The minimum Gasteiger partial charge on any atom is -0.342 e. The van der Waals surface area contributed by atoms with Crippen LogP contribution in [0.3, 0.4) is 0 Å². The van der Waals surface area contributed by atoms with Crippen LogP contribution < -0.4 is 5.32 Å². The molecule has 1 heterocycles. The molecule has 142 valence electrons. The summed E-state index contributed by atoms with van der Waals surface area (Å²) >= 11 is 5.97. The lowest BCUT2D eigenvalue weighted by molar-refractivity contribution is -0.133. The number of likely N-dealkylation sites (tertiary alicyclic amines) is 1. The molecule has 0 bridgehead atoms. The van der Waals surface area contributed by atoms with Crippen molar-refractivity contribution in [2.24, 2.45) is 5.92 Å². The largest absolute Gasteiger partial charge is 0.342 e. The van der Waals surface area contributed by atoms with E-state index in [9.17, 15) is 9.59 Å². The molecule has 0 atom stereocenters. The van der Waals surface area contributed by atoms with Gasteiger partial charge in [0.05, 0.1) is 6.42 Å². The van der Waals surface area contributed by atoms with E-state index in [2.05, 4.69) is 5.32 Å². The quantitative estimate of drug-likeness (QED) is 0.850. The lowest BCUT2D eigenvalue weighted by Crippen LogP contribution is -2.42. The lowest BCUT2D eigenvalue weighted by Gasteiger charge is -2.31. The molecule has 0 spiro atoms. The monoisotopic (exact) mass is 384 g/mol. The smallest absolute Gasteiger partial charge is 0.227 e. The highest BCUT2D eigenvalue weighted by Crippen LogP contribution is 2.23. The minimum atomic E-state index is -0.0670. The van der Waals surface area contributed by atoms with E-state index in [0.717, 1.165) is 22.4 Å². The number of carbonyl (C=O) groups is 2. The van der Waals surface area contributed by atoms with Gasteiger partial charge in [-0.1, -0.05) is 35.9 Å². The number of halogens is 1. The van der Waals surface area contributed by atoms with Gasteiger partial charge >= 0.3 is 0 Å². The van der Waals surface area contributed by atoms with Gasteiger partial charge in [-0.2, -0.15) is 0 Å². The van der Waals surface area contributed by atoms with Gasteiger partial charge in [-0.15, -0.1) is 0 Å². The van der Waals surface area contributed by atoms with Crippen LogP contribution in [0.2, 0.25) is 5.02 Å². The van der Waals surface area contributed by atoms with E-state index in [0.29, 0.717) is 37.4 Å². The van der Waals surface area contributed by atoms with Crippen molar-refractivity contribution in [2.45, 2.75) is 33.1 Å². The summed E-state index contributed by atoms with van der Waals surface area (Å²) in [6.45, 7) is 5.21. The van der Waals surface area contributed by atoms with E-state index < -0.39 is 0 Å². The van der Waals surface area contributed by atoms with Gasteiger partial charge in [0, 0.05) is 29.7 Å². The van der Waals surface area contributed by atoms with Crippen molar-refractivity contribution in [3.8, 4) is 0 Å². The summed E-state index contributed by atoms with van der Waals surface area (Å²) in [7, 11) is 0. The molecule has 0 unspecified atom stereocenters. The predicted molar refractivity (Wildman–Crippen MR) is 109 cm³/mol. The Hall–Kier alpha value is -2.33. The molecule has 5 heteroatoms. The number of benzene rings is 2. The summed E-state index contributed by atoms with van der Waals surface area (Å²) in [5, 5.41) is 3.66. The van der Waals surface area contributed by atoms with Crippen LogP contribution in [0.4, 0.5) is 5.69 Å². The summed E-state index contributed by atoms with van der Waals surface area (Å²) in [6, 6.07) is 13.4. The van der Waals surface area contributed by atoms with E-state index >= 15 is 0 Å². The molecule has 27 heavy (non-hydrogen) atoms. The van der Waals surface area contributed by atoms with Crippen LogP contribution in [0.1, 0.15) is 29.5 Å². The number of nitrogens with one attached hydrogen (secondary N) is 1. The molecule has 4 nitrogen and oxygen atoms in total. The molecular formula is C22H25ClN2O2. The molecule has 2 aromatic rings. The Kier molecular flexibility index (Phi) is 6.17. The third-order valence-corrected chi connectivity index (χ3v) is 5.50. The molecular weight excluding hydrogens is 360 g/mol. The van der Waals surface area contributed by atoms with Gasteiger partial charge < -0.3 is 10.2 Å². The van der Waals surface area contributed by atoms with Crippen molar-refractivity contribution in [1.82, 2.24) is 4.90 Å². The molecule has 3 rings (SSSR count). The zero-order valence-corrected chi connectivity index (χ0v) is 16.6. The lowest BCUT2D eigenvalue weighted by atomic mass is 9.95. The van der Waals surface area contributed by atoms with Gasteiger partial charge in [-0.05, 0) is 61.6 Å². The first-order valence-corrected chi connectivity index (χ1v) is 9.71. The molecule has 1 aliphatic rings. The van der Waals surface area contributed by atoms with Crippen LogP contribution in [0.5, 0.6) is 0 Å². The number of hydrogen-bond acceptors (Lipinski definition) is 2. The number of piperidine rings is 1. The van der Waals surface area contributed by atoms with Crippen molar-refractivity contribution >= 4 is 29.1 Å². The Bertz CT molecular complexity index is 842. The molecule has 2 aromatic carbocycles. The second-order valence-electron chi connectivity index (χ2n) is 7.21. The Morgan fingerprint density at radius 1 is 1.07 bits per heavy atom. The molecule has 0 saturated carbocycles. The molecule has 1 aliphatic heterocycles. The highest BCUT2D eigenvalue weighted by atomic mass is 35.5. The van der Waals surface area contributed by atoms with Crippen molar-refractivity contribution in [2.75, 3.05) is 18.4 Å². The maximum Gasteiger partial charge on any atom is 0.227 e. The molecule has 0 radical (unpaired) electrons. The van der Waals surface area contributed by atoms with Crippen LogP contribution in [0.15, 0.2) is 42.5 Å². The summed E-state index contributed by atoms with van der Waals surface area (Å²) < 4.78 is 0. The first-order valence-electron chi connectivity index (χ1n) is 9.33. The number of nitrogens with zero attached hydrogens (tertiary/aromatic N) is 1. The van der Waals surface area contributed by atoms with E-state index in [4.69, 9.17) is 11.6 Å². The first kappa shape index (κ1) is 19.4. The number of rotatable bonds is 4. The van der Waals surface area contributed by atoms with Gasteiger partial charge in [-0.3, -0.25) is 9.59 Å². The number of aryl methyl sites for hydroxylation is 2. The van der Waals surface area contributed by atoms with Crippen molar-refractivity contribution in [1.29, 1.82) is 0 Å². The van der Waals surface area contributed by atoms with E-state index in [-0.39, 0.29) is 17.7 Å². The maximum absolute atomic E-state index is 12.6. The molecule has 1 fully saturated rings. The number of hydrogen-bond donors (Lipinski definition) is 1. The average molecular weight is 385 g/mol. The van der Waals surface area contributed by atoms with Crippen LogP contribution in [0.25, 0.3) is 0 Å². The number of carbonyl (C=O) groups excluding carboxylic acids is 2. The standard InChI is InChI=1S/C22H25ClN2O2/c1-15-5-3-4-6-18(15)14-21(26)25-11-9-17(10-12-25)22(27)24-20-8-7-19(23)13-16(20)2/h3-8,13,17H,9-12,14H2,1-2H3,(H,24,27). The summed E-state index contributed by atoms with van der Waals surface area (Å²) in [6.07, 6.45) is 1.81. The molecule has 0 aromatic heterocycles. The van der Waals surface area contributed by atoms with Gasteiger partial charge in [0.15, 0.2) is 0 Å². The topological polar surface area (TPSA) is 49.4 Å². The van der Waals surface area contributed by atoms with Crippen LogP contribution in [-0.4, -0.2) is 29.8 Å². The Morgan fingerprint density at radius 2 is 1.78 bits per heavy atom. The van der Waals surface area contributed by atoms with Crippen LogP contribution in [0, 0.1) is 19.8 Å². The molecule has 0 aliphatic carbocycles. The van der Waals surface area contributed by atoms with Gasteiger partial charge in [0.25, 0.3) is 0 Å². The van der Waals surface area contributed by atoms with Crippen LogP contribution in [-0.2, 0) is 16.0 Å². The van der Waals surface area contributed by atoms with Gasteiger partial charge in [0.1, 0.15) is 0 Å². The third-order valence-electron chi connectivity index (χ3n) is 5.27. The first-order chi connectivity index (χ1) is 12.9. The highest BCUT2D eigenvalue weighted by Gasteiger charge is 2.27. The fourth-order valence-electron chi connectivity index (χ4n) is 3.48. The summed E-state index contributed by atoms with van der Waals surface area (Å²) in [5.41, 5.74) is 3.95. The minimum absolute atomic E-state index is 0.0198. The fourth-order valence-corrected chi connectivity index (χ4v) is 3.70. The number of amides is 2. The Morgan fingerprint density at radius 3 is 2.44 bits per heavy atom. The van der Waals surface area contributed by atoms with Gasteiger partial charge in [0.2, 0.25) is 11.8 Å². The second-order valence-corrected chi connectivity index (χ2v) is 7.64. The average Bonchev–Trinajstić information content (AvgIpc) is 2.66. The van der Waals surface area contributed by atoms with Crippen molar-refractivity contribution < 1.29 is 9.59 Å². The zero-order valence-electron chi connectivity index (χ0n) is 15.8. The van der Waals surface area contributed by atoms with Crippen molar-refractivity contribution in [3.05, 3.63) is 64.2 Å². The van der Waals surface area contributed by atoms with Gasteiger partial charge in [-0.25, -0.2) is 0 Å². The summed E-state index contributed by atoms with van der Waals surface area (Å²) in [4.78, 5) is 27.0. The van der Waals surface area contributed by atoms with Crippen LogP contribution >= 0.6 is 11.6 Å². The predicted octanol–water partition coefficient (Wildman–Crippen LogP) is 4.38. The Balaban J connectivity index is 1.53. The molecule has 1 N–H and O–H groups in total.